The predicted octanol–water partition coefficient (Wildman–Crippen LogP) is 1.37. The molecule has 1 aromatic carbocycles. The molecular formula is C20H28N2O8S. The van der Waals surface area contributed by atoms with Gasteiger partial charge in [0.1, 0.15) is 11.6 Å². The van der Waals surface area contributed by atoms with E-state index >= 15 is 0 Å². The van der Waals surface area contributed by atoms with Crippen LogP contribution < -0.4 is 10.0 Å². The first-order chi connectivity index (χ1) is 14.4. The predicted molar refractivity (Wildman–Crippen MR) is 110 cm³/mol. The normalized spacial score (nSPS) is 21.6. The van der Waals surface area contributed by atoms with E-state index in [1.807, 2.05) is 0 Å². The molecule has 0 bridgehead atoms. The van der Waals surface area contributed by atoms with Crippen molar-refractivity contribution in [3.8, 4) is 0 Å². The molecule has 3 N–H and O–H groups in total. The van der Waals surface area contributed by atoms with Crippen LogP contribution in [-0.2, 0) is 29.1 Å². The van der Waals surface area contributed by atoms with Crippen molar-refractivity contribution in [2.45, 2.75) is 44.2 Å². The smallest absolute Gasteiger partial charge is 0.408 e. The average Bonchev–Trinajstić information content (AvgIpc) is 3.38. The Labute approximate surface area is 181 Å². The van der Waals surface area contributed by atoms with E-state index in [2.05, 4.69) is 10.0 Å². The van der Waals surface area contributed by atoms with Gasteiger partial charge in [0, 0.05) is 12.5 Å². The second kappa shape index (κ2) is 9.65. The molecule has 2 rings (SSSR count). The Morgan fingerprint density at radius 3 is 2.29 bits per heavy atom. The first-order valence-corrected chi connectivity index (χ1v) is 11.3. The van der Waals surface area contributed by atoms with Crippen LogP contribution >= 0.6 is 0 Å². The number of aliphatic carboxylic acids is 1. The van der Waals surface area contributed by atoms with Crippen molar-refractivity contribution in [1.29, 1.82) is 0 Å². The lowest BCUT2D eigenvalue weighted by molar-refractivity contribution is -0.145. The van der Waals surface area contributed by atoms with E-state index in [4.69, 9.17) is 9.47 Å². The molecule has 4 atom stereocenters. The first kappa shape index (κ1) is 24.6. The molecule has 172 valence electrons. The lowest BCUT2D eigenvalue weighted by Gasteiger charge is -2.22. The molecule has 1 saturated carbocycles. The number of alkyl carbamates (subject to hydrolysis) is 1. The second-order valence-electron chi connectivity index (χ2n) is 8.15. The maximum atomic E-state index is 12.5. The van der Waals surface area contributed by atoms with Crippen LogP contribution in [0.15, 0.2) is 35.2 Å². The van der Waals surface area contributed by atoms with E-state index < -0.39 is 57.5 Å². The number of carbonyl (C=O) groups is 3. The average molecular weight is 457 g/mol. The van der Waals surface area contributed by atoms with Gasteiger partial charge in [0.15, 0.2) is 0 Å². The summed E-state index contributed by atoms with van der Waals surface area (Å²) in [6, 6.07) is 6.20. The molecule has 31 heavy (non-hydrogen) atoms. The number of carbonyl (C=O) groups excluding carboxylic acids is 2. The van der Waals surface area contributed by atoms with Crippen LogP contribution in [0.4, 0.5) is 4.79 Å². The number of benzene rings is 1. The van der Waals surface area contributed by atoms with Crippen LogP contribution in [0.5, 0.6) is 0 Å². The Kier molecular flexibility index (Phi) is 7.66. The maximum absolute atomic E-state index is 12.5. The fourth-order valence-corrected chi connectivity index (χ4v) is 4.43. The van der Waals surface area contributed by atoms with Gasteiger partial charge in [0.2, 0.25) is 10.0 Å². The second-order valence-corrected chi connectivity index (χ2v) is 9.91. The molecular weight excluding hydrogens is 428 g/mol. The van der Waals surface area contributed by atoms with Gasteiger partial charge in [-0.3, -0.25) is 4.79 Å². The SMILES string of the molecule is CCOC(=O)C1C(CNS(=O)(=O)c2ccccc2)C1C(NC(=O)OC(C)(C)C)C(=O)O. The topological polar surface area (TPSA) is 148 Å². The van der Waals surface area contributed by atoms with Crippen molar-refractivity contribution in [2.24, 2.45) is 17.8 Å². The van der Waals surface area contributed by atoms with Crippen LogP contribution in [0, 0.1) is 17.8 Å². The summed E-state index contributed by atoms with van der Waals surface area (Å²) < 4.78 is 37.5. The maximum Gasteiger partial charge on any atom is 0.408 e. The zero-order chi connectivity index (χ0) is 23.4. The van der Waals surface area contributed by atoms with Crippen LogP contribution in [-0.4, -0.2) is 56.4 Å². The number of carboxylic acid groups (broad SMARTS) is 1. The number of nitrogens with one attached hydrogen (secondary N) is 2. The van der Waals surface area contributed by atoms with Gasteiger partial charge in [-0.15, -0.1) is 0 Å². The van der Waals surface area contributed by atoms with Gasteiger partial charge in [-0.05, 0) is 45.7 Å². The fraction of sp³-hybridized carbons (Fsp3) is 0.550. The summed E-state index contributed by atoms with van der Waals surface area (Å²) in [6.45, 7) is 6.38. The Bertz CT molecular complexity index is 911. The molecule has 4 unspecified atom stereocenters. The monoisotopic (exact) mass is 456 g/mol. The molecule has 10 nitrogen and oxygen atoms in total. The molecule has 0 aliphatic heterocycles. The van der Waals surface area contributed by atoms with Crippen molar-refractivity contribution >= 4 is 28.1 Å². The molecule has 1 aliphatic rings. The van der Waals surface area contributed by atoms with Crippen LogP contribution in [0.25, 0.3) is 0 Å². The Hall–Kier alpha value is -2.66. The molecule has 0 radical (unpaired) electrons. The lowest BCUT2D eigenvalue weighted by atomic mass is 10.1. The summed E-state index contributed by atoms with van der Waals surface area (Å²) in [5.74, 6) is -4.42. The lowest BCUT2D eigenvalue weighted by Crippen LogP contribution is -2.46. The summed E-state index contributed by atoms with van der Waals surface area (Å²) in [4.78, 5) is 36.3. The number of carboxylic acids is 1. The molecule has 0 heterocycles. The minimum atomic E-state index is -3.85. The van der Waals surface area contributed by atoms with Crippen LogP contribution in [0.1, 0.15) is 27.7 Å². The van der Waals surface area contributed by atoms with E-state index in [0.29, 0.717) is 0 Å². The van der Waals surface area contributed by atoms with Crippen molar-refractivity contribution < 1.29 is 37.4 Å². The third kappa shape index (κ3) is 6.66. The van der Waals surface area contributed by atoms with Gasteiger partial charge in [-0.2, -0.15) is 0 Å². The molecule has 1 amide bonds. The fourth-order valence-electron chi connectivity index (χ4n) is 3.33. The number of ether oxygens (including phenoxy) is 2. The van der Waals surface area contributed by atoms with Crippen molar-refractivity contribution in [1.82, 2.24) is 10.0 Å². The van der Waals surface area contributed by atoms with Gasteiger partial charge in [-0.1, -0.05) is 18.2 Å². The minimum Gasteiger partial charge on any atom is -0.480 e. The third-order valence-corrected chi connectivity index (χ3v) is 6.11. The summed E-state index contributed by atoms with van der Waals surface area (Å²) in [5, 5.41) is 11.9. The first-order valence-electron chi connectivity index (χ1n) is 9.81. The molecule has 1 aliphatic carbocycles. The van der Waals surface area contributed by atoms with Gasteiger partial charge in [0.05, 0.1) is 17.4 Å². The zero-order valence-electron chi connectivity index (χ0n) is 17.8. The van der Waals surface area contributed by atoms with E-state index in [9.17, 15) is 27.9 Å². The summed E-state index contributed by atoms with van der Waals surface area (Å²) >= 11 is 0. The zero-order valence-corrected chi connectivity index (χ0v) is 18.6. The van der Waals surface area contributed by atoms with Gasteiger partial charge in [-0.25, -0.2) is 22.7 Å². The quantitative estimate of drug-likeness (QED) is 0.472. The summed E-state index contributed by atoms with van der Waals surface area (Å²) in [6.07, 6.45) is -0.946. The molecule has 11 heteroatoms. The number of rotatable bonds is 9. The molecule has 0 saturated heterocycles. The minimum absolute atomic E-state index is 0.0431. The molecule has 1 fully saturated rings. The van der Waals surface area contributed by atoms with Gasteiger partial charge in [0.25, 0.3) is 0 Å². The number of amides is 1. The molecule has 1 aromatic rings. The molecule has 0 spiro atoms. The number of hydrogen-bond donors (Lipinski definition) is 3. The standard InChI is InChI=1S/C20H28N2O8S/c1-5-29-18(25)15-13(11-21-31(27,28)12-9-7-6-8-10-12)14(15)16(17(23)24)22-19(26)30-20(2,3)4/h6-10,13-16,21H,5,11H2,1-4H3,(H,22,26)(H,23,24). The highest BCUT2D eigenvalue weighted by Gasteiger charge is 2.61. The van der Waals surface area contributed by atoms with Crippen molar-refractivity contribution in [2.75, 3.05) is 13.2 Å². The van der Waals surface area contributed by atoms with Crippen molar-refractivity contribution in [3.63, 3.8) is 0 Å². The Morgan fingerprint density at radius 1 is 1.16 bits per heavy atom. The summed E-state index contributed by atoms with van der Waals surface area (Å²) in [5.41, 5.74) is -0.845. The number of sulfonamides is 1. The highest BCUT2D eigenvalue weighted by Crippen LogP contribution is 2.49. The largest absolute Gasteiger partial charge is 0.480 e. The van der Waals surface area contributed by atoms with Crippen LogP contribution in [0.3, 0.4) is 0 Å². The highest BCUT2D eigenvalue weighted by molar-refractivity contribution is 7.89. The highest BCUT2D eigenvalue weighted by atomic mass is 32.2. The summed E-state index contributed by atoms with van der Waals surface area (Å²) in [7, 11) is -3.85. The van der Waals surface area contributed by atoms with Gasteiger partial charge >= 0.3 is 18.0 Å². The molecule has 0 aromatic heterocycles. The Balaban J connectivity index is 2.16. The van der Waals surface area contributed by atoms with Gasteiger partial charge < -0.3 is 19.9 Å². The third-order valence-electron chi connectivity index (χ3n) is 4.67. The van der Waals surface area contributed by atoms with E-state index in [-0.39, 0.29) is 18.0 Å². The number of hydrogen-bond acceptors (Lipinski definition) is 7. The van der Waals surface area contributed by atoms with E-state index in [1.165, 1.54) is 12.1 Å². The van der Waals surface area contributed by atoms with E-state index in [1.54, 1.807) is 45.9 Å². The van der Waals surface area contributed by atoms with Crippen LogP contribution in [0.2, 0.25) is 0 Å². The van der Waals surface area contributed by atoms with Crippen molar-refractivity contribution in [3.05, 3.63) is 30.3 Å². The van der Waals surface area contributed by atoms with E-state index in [0.717, 1.165) is 0 Å². The Morgan fingerprint density at radius 2 is 1.77 bits per heavy atom. The number of esters is 1.